The van der Waals surface area contributed by atoms with E-state index in [-0.39, 0.29) is 0 Å². The molecule has 9 heavy (non-hydrogen) atoms. The van der Waals surface area contributed by atoms with Crippen LogP contribution in [0.25, 0.3) is 0 Å². The van der Waals surface area contributed by atoms with Crippen molar-refractivity contribution < 1.29 is 4.74 Å². The number of hydrogen-bond acceptors (Lipinski definition) is 1. The van der Waals surface area contributed by atoms with Crippen LogP contribution in [0.2, 0.25) is 0 Å². The third-order valence-corrected chi connectivity index (χ3v) is 1.09. The Balaban J connectivity index is 3.17. The smallest absolute Gasteiger partial charge is 0.0878 e. The molecular formula is C8H16O. The van der Waals surface area contributed by atoms with Gasteiger partial charge in [-0.3, -0.25) is 0 Å². The molecule has 0 saturated heterocycles. The topological polar surface area (TPSA) is 9.23 Å². The lowest BCUT2D eigenvalue weighted by atomic mass is 9.93. The molecule has 0 rings (SSSR count). The van der Waals surface area contributed by atoms with E-state index in [2.05, 4.69) is 27.4 Å². The summed E-state index contributed by atoms with van der Waals surface area (Å²) in [6.45, 7) is 10.8. The van der Waals surface area contributed by atoms with Crippen LogP contribution in [0.5, 0.6) is 0 Å². The molecule has 1 nitrogen and oxygen atoms in total. The Kier molecular flexibility index (Phi) is 3.36. The second-order valence-electron chi connectivity index (χ2n) is 3.35. The molecule has 0 radical (unpaired) electrons. The van der Waals surface area contributed by atoms with Gasteiger partial charge in [0.05, 0.1) is 12.9 Å². The lowest BCUT2D eigenvalue weighted by Gasteiger charge is -2.16. The Morgan fingerprint density at radius 2 is 2.00 bits per heavy atom. The molecule has 0 aliphatic rings. The highest BCUT2D eigenvalue weighted by Crippen LogP contribution is 2.17. The third-order valence-electron chi connectivity index (χ3n) is 1.09. The standard InChI is InChI=1S/C8H16O/c1-5-9-7-6-8(2,3)4/h5H,1,6-7H2,2-4H3. The molecule has 0 spiro atoms. The van der Waals surface area contributed by atoms with Crippen LogP contribution in [-0.2, 0) is 4.74 Å². The van der Waals surface area contributed by atoms with Crippen LogP contribution in [0.15, 0.2) is 12.8 Å². The molecule has 1 heteroatoms. The Bertz CT molecular complexity index is 79.1. The van der Waals surface area contributed by atoms with E-state index in [1.807, 2.05) is 0 Å². The van der Waals surface area contributed by atoms with Crippen LogP contribution >= 0.6 is 0 Å². The number of rotatable bonds is 3. The first-order valence-electron chi connectivity index (χ1n) is 3.29. The summed E-state index contributed by atoms with van der Waals surface area (Å²) in [4.78, 5) is 0. The van der Waals surface area contributed by atoms with Crippen LogP contribution in [-0.4, -0.2) is 6.61 Å². The fourth-order valence-electron chi connectivity index (χ4n) is 0.448. The Labute approximate surface area is 57.7 Å². The van der Waals surface area contributed by atoms with Crippen LogP contribution < -0.4 is 0 Å². The lowest BCUT2D eigenvalue weighted by molar-refractivity contribution is 0.198. The van der Waals surface area contributed by atoms with Crippen molar-refractivity contribution in [1.82, 2.24) is 0 Å². The molecule has 0 aliphatic carbocycles. The average molecular weight is 128 g/mol. The molecule has 0 heterocycles. The molecule has 0 bridgehead atoms. The molecule has 54 valence electrons. The maximum absolute atomic E-state index is 4.97. The molecule has 0 aliphatic heterocycles. The maximum atomic E-state index is 4.97. The highest BCUT2D eigenvalue weighted by Gasteiger charge is 2.08. The normalized spacial score (nSPS) is 11.0. The van der Waals surface area contributed by atoms with E-state index in [1.54, 1.807) is 0 Å². The van der Waals surface area contributed by atoms with Crippen molar-refractivity contribution in [3.05, 3.63) is 12.8 Å². The van der Waals surface area contributed by atoms with E-state index in [0.717, 1.165) is 13.0 Å². The zero-order valence-corrected chi connectivity index (χ0v) is 6.61. The third kappa shape index (κ3) is 7.54. The number of hydrogen-bond donors (Lipinski definition) is 0. The fraction of sp³-hybridized carbons (Fsp3) is 0.750. The first kappa shape index (κ1) is 8.54. The minimum absolute atomic E-state index is 0.378. The van der Waals surface area contributed by atoms with Crippen LogP contribution in [0.1, 0.15) is 27.2 Å². The summed E-state index contributed by atoms with van der Waals surface area (Å²) in [6, 6.07) is 0. The highest BCUT2D eigenvalue weighted by molar-refractivity contribution is 4.61. The highest BCUT2D eigenvalue weighted by atomic mass is 16.5. The summed E-state index contributed by atoms with van der Waals surface area (Å²) in [7, 11) is 0. The van der Waals surface area contributed by atoms with Crippen molar-refractivity contribution in [2.75, 3.05) is 6.61 Å². The zero-order valence-electron chi connectivity index (χ0n) is 6.61. The van der Waals surface area contributed by atoms with Gasteiger partial charge in [-0.25, -0.2) is 0 Å². The molecule has 0 aromatic carbocycles. The summed E-state index contributed by atoms with van der Waals surface area (Å²) in [5, 5.41) is 0. The van der Waals surface area contributed by atoms with Crippen molar-refractivity contribution >= 4 is 0 Å². The van der Waals surface area contributed by atoms with Crippen molar-refractivity contribution in [1.29, 1.82) is 0 Å². The van der Waals surface area contributed by atoms with E-state index >= 15 is 0 Å². The Morgan fingerprint density at radius 1 is 1.44 bits per heavy atom. The minimum Gasteiger partial charge on any atom is -0.502 e. The summed E-state index contributed by atoms with van der Waals surface area (Å²) < 4.78 is 4.97. The van der Waals surface area contributed by atoms with Crippen molar-refractivity contribution in [2.45, 2.75) is 27.2 Å². The molecule has 0 saturated carbocycles. The van der Waals surface area contributed by atoms with Gasteiger partial charge in [0.15, 0.2) is 0 Å². The predicted octanol–water partition coefficient (Wildman–Crippen LogP) is 2.58. The first-order chi connectivity index (χ1) is 4.06. The zero-order chi connectivity index (χ0) is 7.33. The van der Waals surface area contributed by atoms with Gasteiger partial charge >= 0.3 is 0 Å². The summed E-state index contributed by atoms with van der Waals surface area (Å²) in [5.74, 6) is 0. The minimum atomic E-state index is 0.378. The van der Waals surface area contributed by atoms with Gasteiger partial charge in [-0.15, -0.1) is 0 Å². The lowest BCUT2D eigenvalue weighted by Crippen LogP contribution is -2.07. The molecule has 0 aromatic rings. The summed E-state index contributed by atoms with van der Waals surface area (Å²) in [6.07, 6.45) is 2.57. The molecule has 0 fully saturated rings. The molecule has 0 amide bonds. The average Bonchev–Trinajstić information content (AvgIpc) is 1.63. The van der Waals surface area contributed by atoms with Gasteiger partial charge in [-0.05, 0) is 11.8 Å². The van der Waals surface area contributed by atoms with Gasteiger partial charge < -0.3 is 4.74 Å². The van der Waals surface area contributed by atoms with Gasteiger partial charge in [-0.2, -0.15) is 0 Å². The van der Waals surface area contributed by atoms with Crippen molar-refractivity contribution in [3.63, 3.8) is 0 Å². The summed E-state index contributed by atoms with van der Waals surface area (Å²) in [5.41, 5.74) is 0.378. The second-order valence-corrected chi connectivity index (χ2v) is 3.35. The maximum Gasteiger partial charge on any atom is 0.0878 e. The second kappa shape index (κ2) is 3.54. The van der Waals surface area contributed by atoms with Crippen LogP contribution in [0.3, 0.4) is 0 Å². The van der Waals surface area contributed by atoms with Gasteiger partial charge in [0.2, 0.25) is 0 Å². The summed E-state index contributed by atoms with van der Waals surface area (Å²) >= 11 is 0. The number of ether oxygens (including phenoxy) is 1. The largest absolute Gasteiger partial charge is 0.502 e. The molecule has 0 atom stereocenters. The van der Waals surface area contributed by atoms with E-state index in [4.69, 9.17) is 4.74 Å². The van der Waals surface area contributed by atoms with Crippen LogP contribution in [0, 0.1) is 5.41 Å². The van der Waals surface area contributed by atoms with Gasteiger partial charge in [0.25, 0.3) is 0 Å². The van der Waals surface area contributed by atoms with Gasteiger partial charge in [0, 0.05) is 0 Å². The predicted molar refractivity (Wildman–Crippen MR) is 40.2 cm³/mol. The Morgan fingerprint density at radius 3 is 2.33 bits per heavy atom. The van der Waals surface area contributed by atoms with E-state index in [0.29, 0.717) is 5.41 Å². The van der Waals surface area contributed by atoms with Gasteiger partial charge in [-0.1, -0.05) is 27.4 Å². The van der Waals surface area contributed by atoms with Crippen molar-refractivity contribution in [2.24, 2.45) is 5.41 Å². The molecule has 0 unspecified atom stereocenters. The van der Waals surface area contributed by atoms with Gasteiger partial charge in [0.1, 0.15) is 0 Å². The SMILES string of the molecule is C=COCCC(C)(C)C. The van der Waals surface area contributed by atoms with E-state index in [9.17, 15) is 0 Å². The Hall–Kier alpha value is -0.460. The monoisotopic (exact) mass is 128 g/mol. The fourth-order valence-corrected chi connectivity index (χ4v) is 0.448. The molecule has 0 aromatic heterocycles. The molecule has 0 N–H and O–H groups in total. The van der Waals surface area contributed by atoms with Crippen molar-refractivity contribution in [3.8, 4) is 0 Å². The molecular weight excluding hydrogens is 112 g/mol. The van der Waals surface area contributed by atoms with Crippen LogP contribution in [0.4, 0.5) is 0 Å². The first-order valence-corrected chi connectivity index (χ1v) is 3.29. The van der Waals surface area contributed by atoms with E-state index < -0.39 is 0 Å². The quantitative estimate of drug-likeness (QED) is 0.419. The van der Waals surface area contributed by atoms with E-state index in [1.165, 1.54) is 6.26 Å².